The van der Waals surface area contributed by atoms with Gasteiger partial charge in [-0.2, -0.15) is 18.4 Å². The summed E-state index contributed by atoms with van der Waals surface area (Å²) in [5.74, 6) is -0.571. The standard InChI is InChI=1S/C21H15ClF3N3O/c1-13-9-17(22)5-6-18(13)28-8-7-15(11-26)19(28)20(29)27-12-14-3-2-4-16(10-14)21(23,24)25/h2-10H,12H2,1H3,(H,27,29). The number of nitrogens with zero attached hydrogens (tertiary/aromatic N) is 2. The van der Waals surface area contributed by atoms with Gasteiger partial charge in [0.25, 0.3) is 5.91 Å². The van der Waals surface area contributed by atoms with Crippen molar-refractivity contribution in [2.75, 3.05) is 0 Å². The van der Waals surface area contributed by atoms with E-state index in [0.717, 1.165) is 17.7 Å². The number of rotatable bonds is 4. The summed E-state index contributed by atoms with van der Waals surface area (Å²) in [6.45, 7) is 1.70. The number of aryl methyl sites for hydroxylation is 1. The second kappa shape index (κ2) is 8.02. The fourth-order valence-electron chi connectivity index (χ4n) is 2.97. The zero-order valence-corrected chi connectivity index (χ0v) is 16.0. The van der Waals surface area contributed by atoms with Crippen molar-refractivity contribution < 1.29 is 18.0 Å². The number of aromatic nitrogens is 1. The van der Waals surface area contributed by atoms with Crippen LogP contribution in [0.1, 0.15) is 32.7 Å². The van der Waals surface area contributed by atoms with Crippen LogP contribution in [0.3, 0.4) is 0 Å². The van der Waals surface area contributed by atoms with E-state index in [0.29, 0.717) is 16.3 Å². The zero-order chi connectivity index (χ0) is 21.2. The molecule has 0 unspecified atom stereocenters. The fraction of sp³-hybridized carbons (Fsp3) is 0.143. The molecule has 0 aliphatic carbocycles. The number of benzene rings is 2. The quantitative estimate of drug-likeness (QED) is 0.629. The van der Waals surface area contributed by atoms with E-state index in [1.54, 1.807) is 29.0 Å². The number of amides is 1. The van der Waals surface area contributed by atoms with Crippen LogP contribution in [0.15, 0.2) is 54.7 Å². The van der Waals surface area contributed by atoms with Crippen molar-refractivity contribution in [2.24, 2.45) is 0 Å². The van der Waals surface area contributed by atoms with Crippen LogP contribution in [-0.2, 0) is 12.7 Å². The summed E-state index contributed by atoms with van der Waals surface area (Å²) in [5, 5.41) is 12.5. The van der Waals surface area contributed by atoms with Gasteiger partial charge in [0.2, 0.25) is 0 Å². The van der Waals surface area contributed by atoms with E-state index in [-0.39, 0.29) is 17.8 Å². The summed E-state index contributed by atoms with van der Waals surface area (Å²) in [4.78, 5) is 12.8. The maximum atomic E-state index is 12.9. The lowest BCUT2D eigenvalue weighted by Gasteiger charge is -2.13. The van der Waals surface area contributed by atoms with Gasteiger partial charge in [-0.25, -0.2) is 0 Å². The molecule has 2 aromatic carbocycles. The van der Waals surface area contributed by atoms with Gasteiger partial charge < -0.3 is 9.88 Å². The first kappa shape index (κ1) is 20.5. The molecule has 0 saturated carbocycles. The maximum Gasteiger partial charge on any atom is 0.416 e. The highest BCUT2D eigenvalue weighted by molar-refractivity contribution is 6.30. The van der Waals surface area contributed by atoms with Crippen molar-refractivity contribution >= 4 is 17.5 Å². The molecule has 29 heavy (non-hydrogen) atoms. The molecule has 0 saturated heterocycles. The minimum absolute atomic E-state index is 0.102. The molecule has 1 aromatic heterocycles. The van der Waals surface area contributed by atoms with Gasteiger partial charge in [-0.05, 0) is 54.4 Å². The van der Waals surface area contributed by atoms with Crippen molar-refractivity contribution in [3.8, 4) is 11.8 Å². The average molecular weight is 418 g/mol. The van der Waals surface area contributed by atoms with Gasteiger partial charge in [0.1, 0.15) is 11.8 Å². The molecule has 0 spiro atoms. The molecule has 0 radical (unpaired) electrons. The highest BCUT2D eigenvalue weighted by atomic mass is 35.5. The number of nitriles is 1. The summed E-state index contributed by atoms with van der Waals surface area (Å²) in [5.41, 5.74) is 1.23. The minimum Gasteiger partial charge on any atom is -0.347 e. The first-order valence-electron chi connectivity index (χ1n) is 8.53. The molecule has 148 valence electrons. The van der Waals surface area contributed by atoms with Crippen LogP contribution in [0.2, 0.25) is 5.02 Å². The van der Waals surface area contributed by atoms with Crippen LogP contribution >= 0.6 is 11.6 Å². The predicted octanol–water partition coefficient (Wildman–Crippen LogP) is 5.26. The molecule has 4 nitrogen and oxygen atoms in total. The minimum atomic E-state index is -4.46. The fourth-order valence-corrected chi connectivity index (χ4v) is 3.19. The SMILES string of the molecule is Cc1cc(Cl)ccc1-n1ccc(C#N)c1C(=O)NCc1cccc(C(F)(F)F)c1. The number of hydrogen-bond acceptors (Lipinski definition) is 2. The van der Waals surface area contributed by atoms with Crippen LogP contribution in [-0.4, -0.2) is 10.5 Å². The molecule has 0 bridgehead atoms. The molecule has 3 rings (SSSR count). The number of carbonyl (C=O) groups excluding carboxylic acids is 1. The first-order chi connectivity index (χ1) is 13.7. The van der Waals surface area contributed by atoms with E-state index >= 15 is 0 Å². The van der Waals surface area contributed by atoms with Gasteiger partial charge in [-0.1, -0.05) is 23.7 Å². The smallest absolute Gasteiger partial charge is 0.347 e. The average Bonchev–Trinajstić information content (AvgIpc) is 3.09. The third kappa shape index (κ3) is 4.44. The number of halogens is 4. The summed E-state index contributed by atoms with van der Waals surface area (Å²) in [6.07, 6.45) is -2.87. The second-order valence-electron chi connectivity index (χ2n) is 6.37. The number of hydrogen-bond donors (Lipinski definition) is 1. The molecule has 0 aliphatic rings. The highest BCUT2D eigenvalue weighted by Crippen LogP contribution is 2.29. The lowest BCUT2D eigenvalue weighted by Crippen LogP contribution is -2.26. The van der Waals surface area contributed by atoms with Gasteiger partial charge in [-0.15, -0.1) is 0 Å². The van der Waals surface area contributed by atoms with Crippen molar-refractivity contribution in [3.63, 3.8) is 0 Å². The predicted molar refractivity (Wildman–Crippen MR) is 103 cm³/mol. The maximum absolute atomic E-state index is 12.9. The number of alkyl halides is 3. The third-order valence-electron chi connectivity index (χ3n) is 4.35. The van der Waals surface area contributed by atoms with E-state index in [1.807, 2.05) is 13.0 Å². The zero-order valence-electron chi connectivity index (χ0n) is 15.2. The highest BCUT2D eigenvalue weighted by Gasteiger charge is 2.30. The third-order valence-corrected chi connectivity index (χ3v) is 4.58. The molecule has 0 atom stereocenters. The molecular formula is C21H15ClF3N3O. The van der Waals surface area contributed by atoms with Gasteiger partial charge in [-0.3, -0.25) is 4.79 Å². The van der Waals surface area contributed by atoms with Crippen molar-refractivity contribution in [1.29, 1.82) is 5.26 Å². The van der Waals surface area contributed by atoms with Gasteiger partial charge >= 0.3 is 6.18 Å². The molecular weight excluding hydrogens is 403 g/mol. The normalized spacial score (nSPS) is 11.2. The Morgan fingerprint density at radius 2 is 1.97 bits per heavy atom. The van der Waals surface area contributed by atoms with Crippen LogP contribution in [0.5, 0.6) is 0 Å². The van der Waals surface area contributed by atoms with Crippen LogP contribution in [0.4, 0.5) is 13.2 Å². The summed E-state index contributed by atoms with van der Waals surface area (Å²) < 4.78 is 40.1. The van der Waals surface area contributed by atoms with Gasteiger partial charge in [0.05, 0.1) is 11.1 Å². The van der Waals surface area contributed by atoms with E-state index in [2.05, 4.69) is 5.32 Å². The van der Waals surface area contributed by atoms with Crippen molar-refractivity contribution in [1.82, 2.24) is 9.88 Å². The van der Waals surface area contributed by atoms with Crippen molar-refractivity contribution in [3.05, 3.63) is 87.7 Å². The number of carbonyl (C=O) groups is 1. The number of nitrogens with one attached hydrogen (secondary N) is 1. The Bertz CT molecular complexity index is 1110. The van der Waals surface area contributed by atoms with Gasteiger partial charge in [0.15, 0.2) is 0 Å². The Kier molecular flexibility index (Phi) is 5.66. The lowest BCUT2D eigenvalue weighted by atomic mass is 10.1. The largest absolute Gasteiger partial charge is 0.416 e. The molecule has 0 fully saturated rings. The Balaban J connectivity index is 1.88. The Hall–Kier alpha value is -3.24. The van der Waals surface area contributed by atoms with Gasteiger partial charge in [0, 0.05) is 23.5 Å². The lowest BCUT2D eigenvalue weighted by molar-refractivity contribution is -0.137. The topological polar surface area (TPSA) is 57.8 Å². The van der Waals surface area contributed by atoms with Crippen molar-refractivity contribution in [2.45, 2.75) is 19.6 Å². The summed E-state index contributed by atoms with van der Waals surface area (Å²) in [7, 11) is 0. The Labute approximate surface area is 170 Å². The van der Waals surface area contributed by atoms with Crippen LogP contribution < -0.4 is 5.32 Å². The van der Waals surface area contributed by atoms with E-state index < -0.39 is 17.6 Å². The second-order valence-corrected chi connectivity index (χ2v) is 6.81. The molecule has 3 aromatic rings. The monoisotopic (exact) mass is 417 g/mol. The molecule has 1 heterocycles. The Morgan fingerprint density at radius 1 is 1.21 bits per heavy atom. The van der Waals surface area contributed by atoms with Crippen LogP contribution in [0, 0.1) is 18.3 Å². The van der Waals surface area contributed by atoms with E-state index in [4.69, 9.17) is 11.6 Å². The van der Waals surface area contributed by atoms with E-state index in [9.17, 15) is 23.2 Å². The molecule has 1 N–H and O–H groups in total. The molecule has 8 heteroatoms. The Morgan fingerprint density at radius 3 is 2.62 bits per heavy atom. The molecule has 0 aliphatic heterocycles. The summed E-state index contributed by atoms with van der Waals surface area (Å²) >= 11 is 5.98. The first-order valence-corrected chi connectivity index (χ1v) is 8.91. The molecule has 1 amide bonds. The van der Waals surface area contributed by atoms with Crippen LogP contribution in [0.25, 0.3) is 5.69 Å². The summed E-state index contributed by atoms with van der Waals surface area (Å²) in [6, 6.07) is 13.3. The van der Waals surface area contributed by atoms with E-state index in [1.165, 1.54) is 18.2 Å².